The summed E-state index contributed by atoms with van der Waals surface area (Å²) >= 11 is 0. The first-order chi connectivity index (χ1) is 9.56. The van der Waals surface area contributed by atoms with E-state index in [0.717, 1.165) is 6.42 Å². The van der Waals surface area contributed by atoms with Gasteiger partial charge in [0.2, 0.25) is 0 Å². The Hall–Kier alpha value is -1.63. The molecular weight excluding hydrogens is 264 g/mol. The molecule has 1 heterocycles. The molecule has 0 aliphatic carbocycles. The molecule has 114 valence electrons. The molecule has 1 aliphatic rings. The monoisotopic (exact) mass is 286 g/mol. The lowest BCUT2D eigenvalue weighted by Crippen LogP contribution is -2.55. The van der Waals surface area contributed by atoms with Crippen molar-refractivity contribution in [3.8, 4) is 0 Å². The number of nitrogens with zero attached hydrogens (tertiary/aromatic N) is 2. The summed E-state index contributed by atoms with van der Waals surface area (Å²) < 4.78 is 10.1. The fraction of sp³-hybridized carbons (Fsp3) is 0.769. The van der Waals surface area contributed by atoms with Crippen LogP contribution in [0, 0.1) is 0 Å². The molecule has 0 N–H and O–H groups in total. The van der Waals surface area contributed by atoms with Crippen molar-refractivity contribution in [2.45, 2.75) is 20.3 Å². The molecule has 0 atom stereocenters. The molecule has 2 amide bonds. The van der Waals surface area contributed by atoms with E-state index in [1.54, 1.807) is 0 Å². The zero-order valence-electron chi connectivity index (χ0n) is 12.1. The van der Waals surface area contributed by atoms with Crippen LogP contribution in [0.4, 0.5) is 0 Å². The molecule has 0 saturated carbocycles. The maximum Gasteiger partial charge on any atom is 0.312 e. The van der Waals surface area contributed by atoms with Crippen LogP contribution in [0.2, 0.25) is 0 Å². The Kier molecular flexibility index (Phi) is 7.00. The Balaban J connectivity index is 2.32. The summed E-state index contributed by atoms with van der Waals surface area (Å²) in [6, 6.07) is 0. The van der Waals surface area contributed by atoms with E-state index >= 15 is 0 Å². The number of carbonyl (C=O) groups is 3. The van der Waals surface area contributed by atoms with Gasteiger partial charge in [0.05, 0.1) is 13.2 Å². The fourth-order valence-corrected chi connectivity index (χ4v) is 1.86. The van der Waals surface area contributed by atoms with Gasteiger partial charge in [0.1, 0.15) is 6.61 Å². The van der Waals surface area contributed by atoms with Gasteiger partial charge in [-0.3, -0.25) is 14.4 Å². The number of carbonyl (C=O) groups excluding carboxylic acids is 3. The van der Waals surface area contributed by atoms with Crippen LogP contribution in [0.3, 0.4) is 0 Å². The third-order valence-corrected chi connectivity index (χ3v) is 2.92. The summed E-state index contributed by atoms with van der Waals surface area (Å²) in [5.74, 6) is -1.45. The number of ether oxygens (including phenoxy) is 2. The topological polar surface area (TPSA) is 76.2 Å². The van der Waals surface area contributed by atoms with Gasteiger partial charge in [0.25, 0.3) is 0 Å². The summed E-state index contributed by atoms with van der Waals surface area (Å²) in [7, 11) is 0. The smallest absolute Gasteiger partial charge is 0.312 e. The second-order valence-corrected chi connectivity index (χ2v) is 4.54. The predicted molar refractivity (Wildman–Crippen MR) is 70.9 cm³/mol. The SMILES string of the molecule is CCCOCCN1CCN(CCOC(C)=O)C(=O)C1=O. The number of hydrogen-bond acceptors (Lipinski definition) is 5. The zero-order valence-corrected chi connectivity index (χ0v) is 12.1. The summed E-state index contributed by atoms with van der Waals surface area (Å²) in [5.41, 5.74) is 0. The minimum absolute atomic E-state index is 0.119. The highest BCUT2D eigenvalue weighted by molar-refractivity contribution is 6.35. The molecule has 0 unspecified atom stereocenters. The highest BCUT2D eigenvalue weighted by Gasteiger charge is 2.31. The van der Waals surface area contributed by atoms with Crippen LogP contribution in [-0.2, 0) is 23.9 Å². The van der Waals surface area contributed by atoms with Gasteiger partial charge in [0, 0.05) is 33.2 Å². The van der Waals surface area contributed by atoms with E-state index in [0.29, 0.717) is 32.8 Å². The summed E-state index contributed by atoms with van der Waals surface area (Å²) in [6.45, 7) is 6.17. The quantitative estimate of drug-likeness (QED) is 0.346. The first kappa shape index (κ1) is 16.4. The third-order valence-electron chi connectivity index (χ3n) is 2.92. The van der Waals surface area contributed by atoms with Gasteiger partial charge in [-0.05, 0) is 6.42 Å². The average molecular weight is 286 g/mol. The van der Waals surface area contributed by atoms with Gasteiger partial charge in [0.15, 0.2) is 0 Å². The Labute approximate surface area is 118 Å². The van der Waals surface area contributed by atoms with E-state index < -0.39 is 17.8 Å². The standard InChI is InChI=1S/C13H22N2O5/c1-3-8-19-9-6-14-4-5-15(13(18)12(14)17)7-10-20-11(2)16/h3-10H2,1-2H3. The molecule has 20 heavy (non-hydrogen) atoms. The second kappa shape index (κ2) is 8.52. The van der Waals surface area contributed by atoms with E-state index in [4.69, 9.17) is 9.47 Å². The lowest BCUT2D eigenvalue weighted by molar-refractivity contribution is -0.157. The highest BCUT2D eigenvalue weighted by atomic mass is 16.5. The van der Waals surface area contributed by atoms with E-state index in [1.165, 1.54) is 16.7 Å². The van der Waals surface area contributed by atoms with Gasteiger partial charge in [-0.1, -0.05) is 6.92 Å². The maximum absolute atomic E-state index is 11.9. The molecule has 0 spiro atoms. The summed E-state index contributed by atoms with van der Waals surface area (Å²) in [6.07, 6.45) is 0.927. The second-order valence-electron chi connectivity index (χ2n) is 4.54. The van der Waals surface area contributed by atoms with Crippen molar-refractivity contribution in [3.63, 3.8) is 0 Å². The van der Waals surface area contributed by atoms with Crippen molar-refractivity contribution in [1.82, 2.24) is 9.80 Å². The van der Waals surface area contributed by atoms with Crippen LogP contribution in [-0.4, -0.2) is 73.6 Å². The van der Waals surface area contributed by atoms with Crippen molar-refractivity contribution in [2.24, 2.45) is 0 Å². The lowest BCUT2D eigenvalue weighted by atomic mass is 10.3. The summed E-state index contributed by atoms with van der Waals surface area (Å²) in [4.78, 5) is 37.3. The molecule has 7 nitrogen and oxygen atoms in total. The first-order valence-electron chi connectivity index (χ1n) is 6.85. The van der Waals surface area contributed by atoms with Gasteiger partial charge in [-0.25, -0.2) is 0 Å². The van der Waals surface area contributed by atoms with Crippen molar-refractivity contribution >= 4 is 17.8 Å². The molecule has 1 rings (SSSR count). The number of amides is 2. The van der Waals surface area contributed by atoms with Crippen molar-refractivity contribution in [2.75, 3.05) is 46.0 Å². The molecule has 1 fully saturated rings. The molecule has 0 radical (unpaired) electrons. The van der Waals surface area contributed by atoms with Crippen molar-refractivity contribution in [1.29, 1.82) is 0 Å². The predicted octanol–water partition coefficient (Wildman–Crippen LogP) is -0.353. The van der Waals surface area contributed by atoms with Crippen LogP contribution in [0.5, 0.6) is 0 Å². The van der Waals surface area contributed by atoms with E-state index in [2.05, 4.69) is 0 Å². The van der Waals surface area contributed by atoms with Gasteiger partial charge in [-0.2, -0.15) is 0 Å². The Bertz CT molecular complexity index is 359. The Morgan fingerprint density at radius 2 is 1.60 bits per heavy atom. The Morgan fingerprint density at radius 1 is 1.05 bits per heavy atom. The largest absolute Gasteiger partial charge is 0.464 e. The number of rotatable bonds is 8. The molecular formula is C13H22N2O5. The highest BCUT2D eigenvalue weighted by Crippen LogP contribution is 2.05. The van der Waals surface area contributed by atoms with Crippen LogP contribution in [0.15, 0.2) is 0 Å². The van der Waals surface area contributed by atoms with E-state index in [-0.39, 0.29) is 13.2 Å². The van der Waals surface area contributed by atoms with Gasteiger partial charge in [-0.15, -0.1) is 0 Å². The maximum atomic E-state index is 11.9. The minimum Gasteiger partial charge on any atom is -0.464 e. The molecule has 0 bridgehead atoms. The van der Waals surface area contributed by atoms with Crippen LogP contribution >= 0.6 is 0 Å². The number of piperazine rings is 1. The van der Waals surface area contributed by atoms with Crippen molar-refractivity contribution in [3.05, 3.63) is 0 Å². The van der Waals surface area contributed by atoms with Gasteiger partial charge < -0.3 is 19.3 Å². The van der Waals surface area contributed by atoms with E-state index in [9.17, 15) is 14.4 Å². The number of hydrogen-bond donors (Lipinski definition) is 0. The Morgan fingerprint density at radius 3 is 2.10 bits per heavy atom. The molecule has 1 aliphatic heterocycles. The van der Waals surface area contributed by atoms with Crippen LogP contribution in [0.25, 0.3) is 0 Å². The molecule has 0 aromatic carbocycles. The molecule has 0 aromatic rings. The average Bonchev–Trinajstić information content (AvgIpc) is 2.41. The summed E-state index contributed by atoms with van der Waals surface area (Å²) in [5, 5.41) is 0. The van der Waals surface area contributed by atoms with E-state index in [1.807, 2.05) is 6.92 Å². The third kappa shape index (κ3) is 5.16. The minimum atomic E-state index is -0.543. The zero-order chi connectivity index (χ0) is 15.0. The van der Waals surface area contributed by atoms with Crippen LogP contribution in [0.1, 0.15) is 20.3 Å². The molecule has 0 aromatic heterocycles. The lowest BCUT2D eigenvalue weighted by Gasteiger charge is -2.33. The van der Waals surface area contributed by atoms with Crippen LogP contribution < -0.4 is 0 Å². The fourth-order valence-electron chi connectivity index (χ4n) is 1.86. The number of esters is 1. The molecule has 1 saturated heterocycles. The first-order valence-corrected chi connectivity index (χ1v) is 6.85. The normalized spacial score (nSPS) is 15.7. The van der Waals surface area contributed by atoms with Crippen molar-refractivity contribution < 1.29 is 23.9 Å². The molecule has 7 heteroatoms. The van der Waals surface area contributed by atoms with Gasteiger partial charge >= 0.3 is 17.8 Å².